The standard InChI is InChI=1S/C45H80NO8P/c1-5-7-9-11-13-15-17-19-21-22-24-25-27-29-31-33-35-37-44(47)51-41-43(42-53-55(49,50)52-40-39-46(3)4)54-45(48)38-36-34-32-30-28-26-23-20-18-16-14-12-10-8-6-2/h8,10,13-16,19-21,23,43H,5-7,9,11-12,17-18,22,24-42H2,1-4H3,(H,49,50)/b10-8-,15-13-,16-14-,21-19-,23-20-. The lowest BCUT2D eigenvalue weighted by molar-refractivity contribution is -0.161. The van der Waals surface area contributed by atoms with Gasteiger partial charge in [-0.15, -0.1) is 0 Å². The Morgan fingerprint density at radius 3 is 1.55 bits per heavy atom. The quantitative estimate of drug-likeness (QED) is 0.0281. The molecule has 0 amide bonds. The number of ether oxygens (including phenoxy) is 2. The van der Waals surface area contributed by atoms with E-state index in [1.807, 2.05) is 19.0 Å². The van der Waals surface area contributed by atoms with Crippen LogP contribution in [0.5, 0.6) is 0 Å². The molecule has 0 aromatic rings. The number of hydrogen-bond donors (Lipinski definition) is 1. The van der Waals surface area contributed by atoms with Crippen molar-refractivity contribution >= 4 is 19.8 Å². The molecule has 55 heavy (non-hydrogen) atoms. The molecular formula is C45H80NO8P. The second kappa shape index (κ2) is 39.9. The molecule has 0 fully saturated rings. The Bertz CT molecular complexity index is 1100. The van der Waals surface area contributed by atoms with E-state index in [2.05, 4.69) is 74.6 Å². The van der Waals surface area contributed by atoms with Crippen molar-refractivity contribution in [3.05, 3.63) is 60.8 Å². The van der Waals surface area contributed by atoms with Crippen molar-refractivity contribution in [2.75, 3.05) is 40.5 Å². The normalized spacial score (nSPS) is 14.0. The van der Waals surface area contributed by atoms with E-state index in [0.717, 1.165) is 89.9 Å². The summed E-state index contributed by atoms with van der Waals surface area (Å²) in [5, 5.41) is 0. The molecule has 0 radical (unpaired) electrons. The molecule has 0 aromatic carbocycles. The van der Waals surface area contributed by atoms with Crippen LogP contribution in [0.3, 0.4) is 0 Å². The predicted octanol–water partition coefficient (Wildman–Crippen LogP) is 12.3. The maximum Gasteiger partial charge on any atom is 0.472 e. The van der Waals surface area contributed by atoms with Gasteiger partial charge in [-0.3, -0.25) is 18.6 Å². The zero-order chi connectivity index (χ0) is 40.5. The van der Waals surface area contributed by atoms with Gasteiger partial charge < -0.3 is 19.3 Å². The van der Waals surface area contributed by atoms with E-state index >= 15 is 0 Å². The van der Waals surface area contributed by atoms with Gasteiger partial charge in [0.05, 0.1) is 13.2 Å². The summed E-state index contributed by atoms with van der Waals surface area (Å²) in [7, 11) is -0.731. The van der Waals surface area contributed by atoms with Gasteiger partial charge in [0.25, 0.3) is 0 Å². The van der Waals surface area contributed by atoms with Gasteiger partial charge in [0.15, 0.2) is 6.10 Å². The topological polar surface area (TPSA) is 112 Å². The van der Waals surface area contributed by atoms with Crippen LogP contribution in [-0.2, 0) is 32.7 Å². The largest absolute Gasteiger partial charge is 0.472 e. The highest BCUT2D eigenvalue weighted by Gasteiger charge is 2.26. The second-order valence-electron chi connectivity index (χ2n) is 14.5. The molecular weight excluding hydrogens is 713 g/mol. The highest BCUT2D eigenvalue weighted by molar-refractivity contribution is 7.47. The van der Waals surface area contributed by atoms with E-state index in [1.54, 1.807) is 0 Å². The average molecular weight is 794 g/mol. The summed E-state index contributed by atoms with van der Waals surface area (Å²) in [6.45, 7) is 4.14. The SMILES string of the molecule is CC/C=C\C/C=C\C/C=C\CCCCCCCC(=O)OC(COC(=O)CCCCCCCCC/C=C\C/C=C\CCCCC)COP(=O)(O)OCCN(C)C. The third kappa shape index (κ3) is 41.2. The molecule has 0 heterocycles. The summed E-state index contributed by atoms with van der Waals surface area (Å²) in [4.78, 5) is 37.0. The molecule has 0 aliphatic carbocycles. The van der Waals surface area contributed by atoms with E-state index in [9.17, 15) is 19.0 Å². The van der Waals surface area contributed by atoms with E-state index in [-0.39, 0.29) is 32.0 Å². The summed E-state index contributed by atoms with van der Waals surface area (Å²) < 4.78 is 33.4. The number of carbonyl (C=O) groups excluding carboxylic acids is 2. The molecule has 318 valence electrons. The third-order valence-electron chi connectivity index (χ3n) is 8.81. The molecule has 0 spiro atoms. The summed E-state index contributed by atoms with van der Waals surface area (Å²) in [6.07, 6.45) is 45.5. The lowest BCUT2D eigenvalue weighted by atomic mass is 10.1. The number of phosphoric acid groups is 1. The van der Waals surface area contributed by atoms with Crippen molar-refractivity contribution in [2.45, 2.75) is 174 Å². The van der Waals surface area contributed by atoms with Gasteiger partial charge in [0.2, 0.25) is 0 Å². The van der Waals surface area contributed by atoms with Crippen LogP contribution in [0.4, 0.5) is 0 Å². The van der Waals surface area contributed by atoms with Crippen LogP contribution >= 0.6 is 7.82 Å². The lowest BCUT2D eigenvalue weighted by Gasteiger charge is -2.20. The predicted molar refractivity (Wildman–Crippen MR) is 229 cm³/mol. The summed E-state index contributed by atoms with van der Waals surface area (Å²) in [5.74, 6) is -0.835. The van der Waals surface area contributed by atoms with E-state index in [4.69, 9.17) is 18.5 Å². The lowest BCUT2D eigenvalue weighted by Crippen LogP contribution is -2.29. The molecule has 10 heteroatoms. The third-order valence-corrected chi connectivity index (χ3v) is 9.79. The van der Waals surface area contributed by atoms with Crippen LogP contribution in [0.2, 0.25) is 0 Å². The Morgan fingerprint density at radius 1 is 0.582 bits per heavy atom. The fourth-order valence-electron chi connectivity index (χ4n) is 5.50. The molecule has 2 unspecified atom stereocenters. The number of allylic oxidation sites excluding steroid dienone is 10. The number of unbranched alkanes of at least 4 members (excludes halogenated alkanes) is 15. The smallest absolute Gasteiger partial charge is 0.462 e. The number of likely N-dealkylation sites (N-methyl/N-ethyl adjacent to an activating group) is 1. The summed E-state index contributed by atoms with van der Waals surface area (Å²) in [6, 6.07) is 0. The highest BCUT2D eigenvalue weighted by atomic mass is 31.2. The zero-order valence-corrected chi connectivity index (χ0v) is 36.2. The fourth-order valence-corrected chi connectivity index (χ4v) is 6.24. The Balaban J connectivity index is 4.34. The Labute approximate surface area is 336 Å². The number of nitrogens with zero attached hydrogens (tertiary/aromatic N) is 1. The highest BCUT2D eigenvalue weighted by Crippen LogP contribution is 2.43. The monoisotopic (exact) mass is 794 g/mol. The Morgan fingerprint density at radius 2 is 1.04 bits per heavy atom. The van der Waals surface area contributed by atoms with Crippen molar-refractivity contribution in [1.29, 1.82) is 0 Å². The van der Waals surface area contributed by atoms with Gasteiger partial charge in [0, 0.05) is 19.4 Å². The minimum atomic E-state index is -4.37. The van der Waals surface area contributed by atoms with E-state index in [1.165, 1.54) is 44.9 Å². The van der Waals surface area contributed by atoms with Crippen LogP contribution in [0.15, 0.2) is 60.8 Å². The van der Waals surface area contributed by atoms with Crippen LogP contribution in [0.25, 0.3) is 0 Å². The van der Waals surface area contributed by atoms with Gasteiger partial charge in [-0.05, 0) is 91.1 Å². The second-order valence-corrected chi connectivity index (χ2v) is 15.9. The molecule has 0 rings (SSSR count). The molecule has 9 nitrogen and oxygen atoms in total. The zero-order valence-electron chi connectivity index (χ0n) is 35.3. The van der Waals surface area contributed by atoms with Crippen LogP contribution in [-0.4, -0.2) is 68.3 Å². The molecule has 2 atom stereocenters. The van der Waals surface area contributed by atoms with Gasteiger partial charge >= 0.3 is 19.8 Å². The number of phosphoric ester groups is 1. The first kappa shape index (κ1) is 52.7. The van der Waals surface area contributed by atoms with Gasteiger partial charge in [0.1, 0.15) is 6.61 Å². The van der Waals surface area contributed by atoms with Crippen LogP contribution in [0, 0.1) is 0 Å². The average Bonchev–Trinajstić information content (AvgIpc) is 3.15. The van der Waals surface area contributed by atoms with Gasteiger partial charge in [-0.2, -0.15) is 0 Å². The number of esters is 2. The molecule has 0 saturated carbocycles. The van der Waals surface area contributed by atoms with Gasteiger partial charge in [-0.1, -0.05) is 139 Å². The first-order valence-electron chi connectivity index (χ1n) is 21.6. The van der Waals surface area contributed by atoms with Crippen molar-refractivity contribution in [1.82, 2.24) is 4.90 Å². The Kier molecular flexibility index (Phi) is 38.3. The van der Waals surface area contributed by atoms with Crippen molar-refractivity contribution < 1.29 is 37.6 Å². The maximum atomic E-state index is 12.6. The molecule has 0 saturated heterocycles. The van der Waals surface area contributed by atoms with Gasteiger partial charge in [-0.25, -0.2) is 4.57 Å². The summed E-state index contributed by atoms with van der Waals surface area (Å²) in [5.41, 5.74) is 0. The van der Waals surface area contributed by atoms with E-state index < -0.39 is 26.5 Å². The van der Waals surface area contributed by atoms with Crippen molar-refractivity contribution in [3.8, 4) is 0 Å². The molecule has 1 N–H and O–H groups in total. The molecule has 0 bridgehead atoms. The van der Waals surface area contributed by atoms with Crippen LogP contribution in [0.1, 0.15) is 168 Å². The van der Waals surface area contributed by atoms with Crippen LogP contribution < -0.4 is 0 Å². The molecule has 0 aliphatic heterocycles. The first-order valence-corrected chi connectivity index (χ1v) is 23.1. The summed E-state index contributed by atoms with van der Waals surface area (Å²) >= 11 is 0. The minimum absolute atomic E-state index is 0.000242. The molecule has 0 aliphatic rings. The fraction of sp³-hybridized carbons (Fsp3) is 0.733. The van der Waals surface area contributed by atoms with E-state index in [0.29, 0.717) is 13.0 Å². The number of carbonyl (C=O) groups is 2. The number of hydrogen-bond acceptors (Lipinski definition) is 8. The number of rotatable bonds is 39. The minimum Gasteiger partial charge on any atom is -0.462 e. The Hall–Kier alpha value is -2.29. The van der Waals surface area contributed by atoms with Crippen molar-refractivity contribution in [3.63, 3.8) is 0 Å². The molecule has 0 aromatic heterocycles. The van der Waals surface area contributed by atoms with Crippen molar-refractivity contribution in [2.24, 2.45) is 0 Å². The maximum absolute atomic E-state index is 12.6. The first-order chi connectivity index (χ1) is 26.7.